The fraction of sp³-hybridized carbons (Fsp3) is 1.00. The van der Waals surface area contributed by atoms with Crippen molar-refractivity contribution in [1.82, 2.24) is 5.32 Å². The third-order valence-electron chi connectivity index (χ3n) is 6.21. The molecule has 0 heterocycles. The molecule has 3 heteroatoms. The van der Waals surface area contributed by atoms with E-state index in [0.717, 1.165) is 38.1 Å². The quantitative estimate of drug-likeness (QED) is 0.143. The molecular weight excluding hydrogens is 358 g/mol. The van der Waals surface area contributed by atoms with Gasteiger partial charge in [-0.25, -0.2) is 0 Å². The van der Waals surface area contributed by atoms with Crippen molar-refractivity contribution in [2.75, 3.05) is 13.2 Å². The van der Waals surface area contributed by atoms with E-state index in [1.807, 2.05) is 0 Å². The second kappa shape index (κ2) is 21.1. The maximum absolute atomic E-state index is 10.6. The van der Waals surface area contributed by atoms with Crippen molar-refractivity contribution in [3.05, 3.63) is 0 Å². The summed E-state index contributed by atoms with van der Waals surface area (Å²) in [5.74, 6) is 1.19. The van der Waals surface area contributed by atoms with Gasteiger partial charge in [-0.3, -0.25) is 5.32 Å². The Kier molecular flexibility index (Phi) is 21.0. The van der Waals surface area contributed by atoms with Crippen LogP contribution in [0.5, 0.6) is 0 Å². The molecule has 0 aliphatic carbocycles. The van der Waals surface area contributed by atoms with E-state index in [1.165, 1.54) is 70.6 Å². The maximum atomic E-state index is 10.6. The number of hydrogen-bond acceptors (Lipinski definition) is 3. The van der Waals surface area contributed by atoms with Crippen LogP contribution in [0.15, 0.2) is 0 Å². The lowest BCUT2D eigenvalue weighted by molar-refractivity contribution is 0.0200. The van der Waals surface area contributed by atoms with Crippen LogP contribution < -0.4 is 5.32 Å². The summed E-state index contributed by atoms with van der Waals surface area (Å²) in [7, 11) is 0. The molecule has 0 aliphatic heterocycles. The third-order valence-corrected chi connectivity index (χ3v) is 6.21. The molecule has 176 valence electrons. The van der Waals surface area contributed by atoms with Crippen molar-refractivity contribution < 1.29 is 9.84 Å². The first-order valence-electron chi connectivity index (χ1n) is 13.1. The Morgan fingerprint density at radius 2 is 1.38 bits per heavy atom. The van der Waals surface area contributed by atoms with Crippen LogP contribution in [0.25, 0.3) is 0 Å². The van der Waals surface area contributed by atoms with Crippen molar-refractivity contribution in [2.24, 2.45) is 11.8 Å². The van der Waals surface area contributed by atoms with Crippen LogP contribution in [0.1, 0.15) is 131 Å². The maximum Gasteiger partial charge on any atom is 0.107 e. The second-order valence-corrected chi connectivity index (χ2v) is 9.26. The van der Waals surface area contributed by atoms with Crippen molar-refractivity contribution in [3.8, 4) is 0 Å². The van der Waals surface area contributed by atoms with E-state index < -0.39 is 6.23 Å². The Labute approximate surface area is 183 Å². The number of rotatable bonds is 22. The molecule has 0 bridgehead atoms. The average molecular weight is 414 g/mol. The molecule has 0 saturated carbocycles. The number of unbranched alkanes of at least 4 members (excludes halogenated alkanes) is 4. The molecule has 0 radical (unpaired) electrons. The van der Waals surface area contributed by atoms with Gasteiger partial charge < -0.3 is 9.84 Å². The van der Waals surface area contributed by atoms with Gasteiger partial charge in [0.25, 0.3) is 0 Å². The number of nitrogens with one attached hydrogen (secondary N) is 1. The summed E-state index contributed by atoms with van der Waals surface area (Å²) in [6, 6.07) is 0. The molecule has 0 spiro atoms. The largest absolute Gasteiger partial charge is 0.378 e. The monoisotopic (exact) mass is 413 g/mol. The van der Waals surface area contributed by atoms with E-state index in [0.29, 0.717) is 18.6 Å². The number of aliphatic hydroxyl groups is 1. The summed E-state index contributed by atoms with van der Waals surface area (Å²) in [4.78, 5) is 0. The molecule has 0 aliphatic rings. The summed E-state index contributed by atoms with van der Waals surface area (Å²) in [6.07, 6.45) is 18.7. The smallest absolute Gasteiger partial charge is 0.107 e. The molecule has 0 rings (SSSR count). The van der Waals surface area contributed by atoms with Crippen molar-refractivity contribution in [3.63, 3.8) is 0 Å². The minimum Gasteiger partial charge on any atom is -0.378 e. The van der Waals surface area contributed by atoms with Crippen LogP contribution in [0.4, 0.5) is 0 Å². The molecule has 0 fully saturated rings. The minimum atomic E-state index is -0.390. The van der Waals surface area contributed by atoms with Crippen LogP contribution in [-0.2, 0) is 4.74 Å². The van der Waals surface area contributed by atoms with Crippen LogP contribution in [-0.4, -0.2) is 30.6 Å². The van der Waals surface area contributed by atoms with E-state index >= 15 is 0 Å². The number of ether oxygens (including phenoxy) is 1. The predicted molar refractivity (Wildman–Crippen MR) is 128 cm³/mol. The Hall–Kier alpha value is -0.120. The van der Waals surface area contributed by atoms with E-state index in [2.05, 4.69) is 39.9 Å². The van der Waals surface area contributed by atoms with Crippen LogP contribution in [0, 0.1) is 11.8 Å². The Morgan fingerprint density at radius 1 is 0.690 bits per heavy atom. The molecule has 29 heavy (non-hydrogen) atoms. The molecule has 4 unspecified atom stereocenters. The summed E-state index contributed by atoms with van der Waals surface area (Å²) < 4.78 is 6.15. The van der Waals surface area contributed by atoms with Gasteiger partial charge >= 0.3 is 0 Å². The van der Waals surface area contributed by atoms with E-state index in [-0.39, 0.29) is 0 Å². The normalized spacial score (nSPS) is 15.9. The number of aliphatic hydroxyl groups excluding tert-OH is 1. The molecule has 2 N–H and O–H groups in total. The lowest BCUT2D eigenvalue weighted by Crippen LogP contribution is -2.38. The Balaban J connectivity index is 4.06. The SMILES string of the molecule is CCCCCCCC(CCC)OCCNC(O)C(CCC)CCCC(C)CCC. The topological polar surface area (TPSA) is 41.5 Å². The lowest BCUT2D eigenvalue weighted by atomic mass is 9.91. The predicted octanol–water partition coefficient (Wildman–Crippen LogP) is 7.46. The Bertz CT molecular complexity index is 324. The van der Waals surface area contributed by atoms with Gasteiger partial charge in [0.2, 0.25) is 0 Å². The van der Waals surface area contributed by atoms with Gasteiger partial charge in [-0.2, -0.15) is 0 Å². The first-order valence-corrected chi connectivity index (χ1v) is 13.1. The van der Waals surface area contributed by atoms with Crippen LogP contribution in [0.3, 0.4) is 0 Å². The van der Waals surface area contributed by atoms with E-state index in [9.17, 15) is 5.11 Å². The van der Waals surface area contributed by atoms with Gasteiger partial charge in [-0.05, 0) is 37.5 Å². The van der Waals surface area contributed by atoms with Gasteiger partial charge in [0.1, 0.15) is 6.23 Å². The van der Waals surface area contributed by atoms with Gasteiger partial charge in [0.05, 0.1) is 12.7 Å². The van der Waals surface area contributed by atoms with E-state index in [4.69, 9.17) is 4.74 Å². The zero-order valence-corrected chi connectivity index (χ0v) is 20.7. The standard InChI is InChI=1S/C26H55NO2/c1-6-10-11-12-13-20-25(17-9-4)29-22-21-27-26(28)24(16-8-3)19-14-18-23(5)15-7-2/h23-28H,6-22H2,1-5H3. The van der Waals surface area contributed by atoms with Crippen molar-refractivity contribution in [1.29, 1.82) is 0 Å². The zero-order chi connectivity index (χ0) is 21.7. The average Bonchev–Trinajstić information content (AvgIpc) is 2.70. The molecule has 3 nitrogen and oxygen atoms in total. The number of hydrogen-bond donors (Lipinski definition) is 2. The first kappa shape index (κ1) is 28.9. The van der Waals surface area contributed by atoms with Crippen LogP contribution >= 0.6 is 0 Å². The summed E-state index contributed by atoms with van der Waals surface area (Å²) in [5, 5.41) is 14.0. The van der Waals surface area contributed by atoms with Crippen LogP contribution in [0.2, 0.25) is 0 Å². The Morgan fingerprint density at radius 3 is 2.03 bits per heavy atom. The van der Waals surface area contributed by atoms with Gasteiger partial charge in [-0.15, -0.1) is 0 Å². The highest BCUT2D eigenvalue weighted by Gasteiger charge is 2.18. The van der Waals surface area contributed by atoms with E-state index in [1.54, 1.807) is 0 Å². The molecule has 0 aromatic heterocycles. The molecule has 0 amide bonds. The third kappa shape index (κ3) is 17.3. The minimum absolute atomic E-state index is 0.374. The molecule has 0 aromatic rings. The van der Waals surface area contributed by atoms with Crippen molar-refractivity contribution >= 4 is 0 Å². The fourth-order valence-corrected chi connectivity index (χ4v) is 4.40. The summed E-state index contributed by atoms with van der Waals surface area (Å²) in [5.41, 5.74) is 0. The highest BCUT2D eigenvalue weighted by atomic mass is 16.5. The summed E-state index contributed by atoms with van der Waals surface area (Å²) in [6.45, 7) is 12.8. The molecular formula is C26H55NO2. The fourth-order valence-electron chi connectivity index (χ4n) is 4.40. The van der Waals surface area contributed by atoms with Gasteiger partial charge in [-0.1, -0.05) is 105 Å². The first-order chi connectivity index (χ1) is 14.1. The highest BCUT2D eigenvalue weighted by molar-refractivity contribution is 4.69. The molecule has 4 atom stereocenters. The zero-order valence-electron chi connectivity index (χ0n) is 20.7. The summed E-state index contributed by atoms with van der Waals surface area (Å²) >= 11 is 0. The second-order valence-electron chi connectivity index (χ2n) is 9.26. The highest BCUT2D eigenvalue weighted by Crippen LogP contribution is 2.21. The van der Waals surface area contributed by atoms with Crippen molar-refractivity contribution in [2.45, 2.75) is 143 Å². The van der Waals surface area contributed by atoms with Gasteiger partial charge in [0.15, 0.2) is 0 Å². The molecule has 0 aromatic carbocycles. The van der Waals surface area contributed by atoms with Gasteiger partial charge in [0, 0.05) is 6.54 Å². The molecule has 0 saturated heterocycles. The lowest BCUT2D eigenvalue weighted by Gasteiger charge is -2.25.